The molecule has 0 bridgehead atoms. The van der Waals surface area contributed by atoms with Gasteiger partial charge in [-0.05, 0) is 24.3 Å². The SMILES string of the molecule is COc1ccccc1COC(=O)c1cnn2c1nnc1ccc(Cl)cc12. The quantitative estimate of drug-likeness (QED) is 0.514. The van der Waals surface area contributed by atoms with Crippen LogP contribution in [0.2, 0.25) is 5.02 Å². The second-order valence-electron chi connectivity index (χ2n) is 5.51. The maximum Gasteiger partial charge on any atom is 0.344 e. The second kappa shape index (κ2) is 6.61. The van der Waals surface area contributed by atoms with Gasteiger partial charge in [0.1, 0.15) is 23.4 Å². The molecule has 0 aliphatic rings. The highest BCUT2D eigenvalue weighted by molar-refractivity contribution is 6.31. The van der Waals surface area contributed by atoms with Gasteiger partial charge in [-0.1, -0.05) is 29.8 Å². The van der Waals surface area contributed by atoms with Gasteiger partial charge in [-0.3, -0.25) is 0 Å². The first-order valence-corrected chi connectivity index (χ1v) is 8.14. The van der Waals surface area contributed by atoms with Gasteiger partial charge in [-0.15, -0.1) is 10.2 Å². The van der Waals surface area contributed by atoms with Gasteiger partial charge in [-0.2, -0.15) is 5.10 Å². The molecule has 2 aromatic heterocycles. The van der Waals surface area contributed by atoms with E-state index in [1.165, 1.54) is 10.7 Å². The first-order valence-electron chi connectivity index (χ1n) is 7.76. The summed E-state index contributed by atoms with van der Waals surface area (Å²) in [6, 6.07) is 12.5. The topological polar surface area (TPSA) is 78.6 Å². The van der Waals surface area contributed by atoms with E-state index in [1.54, 1.807) is 31.4 Å². The third kappa shape index (κ3) is 2.82. The zero-order chi connectivity index (χ0) is 18.1. The number of carbonyl (C=O) groups excluding carboxylic acids is 1. The summed E-state index contributed by atoms with van der Waals surface area (Å²) >= 11 is 6.04. The number of nitrogens with zero attached hydrogens (tertiary/aromatic N) is 4. The normalized spacial score (nSPS) is 11.0. The third-order valence-corrected chi connectivity index (χ3v) is 4.17. The Labute approximate surface area is 153 Å². The molecule has 0 aliphatic carbocycles. The van der Waals surface area contributed by atoms with Crippen LogP contribution in [0.3, 0.4) is 0 Å². The molecular weight excluding hydrogens is 356 g/mol. The summed E-state index contributed by atoms with van der Waals surface area (Å²) in [5.41, 5.74) is 2.59. The number of methoxy groups -OCH3 is 1. The number of para-hydroxylation sites is 1. The van der Waals surface area contributed by atoms with Crippen LogP contribution in [0.1, 0.15) is 15.9 Å². The average molecular weight is 369 g/mol. The number of hydrogen-bond donors (Lipinski definition) is 0. The molecule has 0 radical (unpaired) electrons. The van der Waals surface area contributed by atoms with E-state index in [0.717, 1.165) is 5.56 Å². The number of esters is 1. The van der Waals surface area contributed by atoms with E-state index in [9.17, 15) is 4.79 Å². The van der Waals surface area contributed by atoms with Crippen LogP contribution in [0.15, 0.2) is 48.7 Å². The predicted octanol–water partition coefficient (Wildman–Crippen LogP) is 3.30. The van der Waals surface area contributed by atoms with E-state index in [-0.39, 0.29) is 12.2 Å². The molecule has 4 aromatic rings. The molecule has 0 unspecified atom stereocenters. The summed E-state index contributed by atoms with van der Waals surface area (Å²) in [5, 5.41) is 13.0. The number of hydrogen-bond acceptors (Lipinski definition) is 6. The van der Waals surface area contributed by atoms with Gasteiger partial charge >= 0.3 is 5.97 Å². The molecule has 0 saturated heterocycles. The van der Waals surface area contributed by atoms with Crippen molar-refractivity contribution in [2.75, 3.05) is 7.11 Å². The van der Waals surface area contributed by atoms with E-state index < -0.39 is 5.97 Å². The lowest BCUT2D eigenvalue weighted by Gasteiger charge is -2.08. The molecule has 0 saturated carbocycles. The van der Waals surface area contributed by atoms with Gasteiger partial charge in [0, 0.05) is 10.6 Å². The van der Waals surface area contributed by atoms with Crippen molar-refractivity contribution in [1.29, 1.82) is 0 Å². The van der Waals surface area contributed by atoms with Gasteiger partial charge in [-0.25, -0.2) is 9.31 Å². The highest BCUT2D eigenvalue weighted by Gasteiger charge is 2.18. The zero-order valence-electron chi connectivity index (χ0n) is 13.7. The van der Waals surface area contributed by atoms with Crippen LogP contribution in [0.25, 0.3) is 16.7 Å². The average Bonchev–Trinajstić information content (AvgIpc) is 3.11. The molecule has 8 heteroatoms. The molecule has 2 heterocycles. The number of benzene rings is 2. The van der Waals surface area contributed by atoms with Crippen molar-refractivity contribution in [2.24, 2.45) is 0 Å². The number of halogens is 1. The molecule has 0 amide bonds. The lowest BCUT2D eigenvalue weighted by atomic mass is 10.2. The van der Waals surface area contributed by atoms with E-state index in [1.807, 2.05) is 18.2 Å². The summed E-state index contributed by atoms with van der Waals surface area (Å²) in [7, 11) is 1.57. The smallest absolute Gasteiger partial charge is 0.344 e. The zero-order valence-corrected chi connectivity index (χ0v) is 14.5. The van der Waals surface area contributed by atoms with E-state index in [4.69, 9.17) is 21.1 Å². The van der Waals surface area contributed by atoms with Gasteiger partial charge in [0.05, 0.1) is 18.8 Å². The fourth-order valence-corrected chi connectivity index (χ4v) is 2.82. The molecular formula is C18H13ClN4O3. The van der Waals surface area contributed by atoms with Crippen LogP contribution >= 0.6 is 11.6 Å². The largest absolute Gasteiger partial charge is 0.496 e. The molecule has 0 N–H and O–H groups in total. The summed E-state index contributed by atoms with van der Waals surface area (Å²) in [4.78, 5) is 12.5. The fourth-order valence-electron chi connectivity index (χ4n) is 2.65. The fraction of sp³-hybridized carbons (Fsp3) is 0.111. The molecule has 4 rings (SSSR count). The van der Waals surface area contributed by atoms with E-state index in [2.05, 4.69) is 15.3 Å². The van der Waals surface area contributed by atoms with Crippen molar-refractivity contribution >= 4 is 34.3 Å². The van der Waals surface area contributed by atoms with Gasteiger partial charge in [0.15, 0.2) is 5.65 Å². The van der Waals surface area contributed by atoms with Crippen LogP contribution in [0.4, 0.5) is 0 Å². The number of ether oxygens (including phenoxy) is 2. The molecule has 2 aromatic carbocycles. The van der Waals surface area contributed by atoms with Crippen LogP contribution in [-0.2, 0) is 11.3 Å². The molecule has 0 aliphatic heterocycles. The number of aromatic nitrogens is 4. The molecule has 0 fully saturated rings. The number of rotatable bonds is 4. The summed E-state index contributed by atoms with van der Waals surface area (Å²) in [5.74, 6) is 0.113. The molecule has 7 nitrogen and oxygen atoms in total. The van der Waals surface area contributed by atoms with Crippen molar-refractivity contribution in [2.45, 2.75) is 6.61 Å². The minimum Gasteiger partial charge on any atom is -0.496 e. The van der Waals surface area contributed by atoms with Gasteiger partial charge in [0.25, 0.3) is 0 Å². The Kier molecular flexibility index (Phi) is 4.14. The van der Waals surface area contributed by atoms with Gasteiger partial charge < -0.3 is 9.47 Å². The predicted molar refractivity (Wildman–Crippen MR) is 95.4 cm³/mol. The maximum absolute atomic E-state index is 12.5. The van der Waals surface area contributed by atoms with Crippen molar-refractivity contribution in [3.05, 3.63) is 64.8 Å². The highest BCUT2D eigenvalue weighted by Crippen LogP contribution is 2.21. The Hall–Kier alpha value is -3.19. The van der Waals surface area contributed by atoms with Crippen molar-refractivity contribution in [3.8, 4) is 5.75 Å². The Morgan fingerprint density at radius 3 is 2.88 bits per heavy atom. The minimum absolute atomic E-state index is 0.0764. The monoisotopic (exact) mass is 368 g/mol. The maximum atomic E-state index is 12.5. The Bertz CT molecular complexity index is 1130. The lowest BCUT2D eigenvalue weighted by Crippen LogP contribution is -2.07. The van der Waals surface area contributed by atoms with Crippen molar-refractivity contribution < 1.29 is 14.3 Å². The van der Waals surface area contributed by atoms with Crippen molar-refractivity contribution in [3.63, 3.8) is 0 Å². The number of carbonyl (C=O) groups is 1. The lowest BCUT2D eigenvalue weighted by molar-refractivity contribution is 0.0472. The summed E-state index contributed by atoms with van der Waals surface area (Å²) in [6.45, 7) is 0.0764. The minimum atomic E-state index is -0.540. The highest BCUT2D eigenvalue weighted by atomic mass is 35.5. The van der Waals surface area contributed by atoms with Gasteiger partial charge in [0.2, 0.25) is 0 Å². The van der Waals surface area contributed by atoms with Crippen LogP contribution < -0.4 is 4.74 Å². The summed E-state index contributed by atoms with van der Waals surface area (Å²) in [6.07, 6.45) is 1.41. The van der Waals surface area contributed by atoms with E-state index >= 15 is 0 Å². The standard InChI is InChI=1S/C18H13ClN4O3/c1-25-16-5-3-2-4-11(16)10-26-18(24)13-9-20-23-15-8-12(19)6-7-14(15)21-22-17(13)23/h2-9H,10H2,1H3. The van der Waals surface area contributed by atoms with E-state index in [0.29, 0.717) is 27.5 Å². The van der Waals surface area contributed by atoms with Crippen LogP contribution in [-0.4, -0.2) is 32.9 Å². The Balaban J connectivity index is 1.65. The van der Waals surface area contributed by atoms with Crippen LogP contribution in [0.5, 0.6) is 5.75 Å². The number of fused-ring (bicyclic) bond motifs is 3. The summed E-state index contributed by atoms with van der Waals surface area (Å²) < 4.78 is 12.2. The first-order chi connectivity index (χ1) is 12.7. The molecule has 130 valence electrons. The second-order valence-corrected chi connectivity index (χ2v) is 5.95. The third-order valence-electron chi connectivity index (χ3n) is 3.93. The first kappa shape index (κ1) is 16.3. The van der Waals surface area contributed by atoms with Crippen LogP contribution in [0, 0.1) is 0 Å². The Morgan fingerprint density at radius 1 is 1.19 bits per heavy atom. The molecule has 0 atom stereocenters. The van der Waals surface area contributed by atoms with Crippen molar-refractivity contribution in [1.82, 2.24) is 19.8 Å². The molecule has 0 spiro atoms. The molecule has 26 heavy (non-hydrogen) atoms. The Morgan fingerprint density at radius 2 is 2.04 bits per heavy atom.